The van der Waals surface area contributed by atoms with Gasteiger partial charge in [0, 0.05) is 24.1 Å². The van der Waals surface area contributed by atoms with E-state index in [0.29, 0.717) is 17.8 Å². The highest BCUT2D eigenvalue weighted by atomic mass is 16.5. The van der Waals surface area contributed by atoms with Gasteiger partial charge in [-0.2, -0.15) is 0 Å². The van der Waals surface area contributed by atoms with E-state index in [-0.39, 0.29) is 30.2 Å². The summed E-state index contributed by atoms with van der Waals surface area (Å²) in [6.45, 7) is 4.12. The first-order valence-electron chi connectivity index (χ1n) is 9.36. The van der Waals surface area contributed by atoms with Gasteiger partial charge in [-0.1, -0.05) is 19.0 Å². The molecule has 26 heavy (non-hydrogen) atoms. The molecule has 0 bridgehead atoms. The van der Waals surface area contributed by atoms with Gasteiger partial charge < -0.3 is 19.5 Å². The van der Waals surface area contributed by atoms with Crippen molar-refractivity contribution in [3.8, 4) is 0 Å². The minimum Gasteiger partial charge on any atom is -0.388 e. The first kappa shape index (κ1) is 17.2. The van der Waals surface area contributed by atoms with Crippen molar-refractivity contribution >= 4 is 5.91 Å². The van der Waals surface area contributed by atoms with E-state index < -0.39 is 0 Å². The zero-order valence-electron chi connectivity index (χ0n) is 15.2. The Hall–Kier alpha value is -2.22. The molecule has 2 heterocycles. The molecule has 2 saturated carbocycles. The van der Waals surface area contributed by atoms with Gasteiger partial charge in [0.15, 0.2) is 5.82 Å². The summed E-state index contributed by atoms with van der Waals surface area (Å²) in [6, 6.07) is 2.26. The second-order valence-electron chi connectivity index (χ2n) is 7.85. The number of nitrogens with zero attached hydrogens (tertiary/aromatic N) is 4. The van der Waals surface area contributed by atoms with Crippen molar-refractivity contribution < 1.29 is 14.4 Å². The van der Waals surface area contributed by atoms with Crippen molar-refractivity contribution in [3.05, 3.63) is 29.2 Å². The van der Waals surface area contributed by atoms with Gasteiger partial charge in [-0.15, -0.1) is 10.2 Å². The Balaban J connectivity index is 1.33. The topological polar surface area (TPSA) is 106 Å². The van der Waals surface area contributed by atoms with Gasteiger partial charge in [-0.3, -0.25) is 4.79 Å². The van der Waals surface area contributed by atoms with Crippen LogP contribution in [0.25, 0.3) is 0 Å². The van der Waals surface area contributed by atoms with Crippen LogP contribution in [-0.2, 0) is 13.0 Å². The molecule has 2 aromatic heterocycles. The van der Waals surface area contributed by atoms with Crippen LogP contribution in [0, 0.1) is 5.92 Å². The zero-order chi connectivity index (χ0) is 18.3. The number of hydrogen-bond acceptors (Lipinski definition) is 6. The van der Waals surface area contributed by atoms with E-state index in [1.807, 2.05) is 0 Å². The van der Waals surface area contributed by atoms with E-state index in [9.17, 15) is 9.90 Å². The third-order valence-corrected chi connectivity index (χ3v) is 5.08. The lowest BCUT2D eigenvalue weighted by atomic mass is 9.79. The molecule has 0 atom stereocenters. The van der Waals surface area contributed by atoms with Crippen molar-refractivity contribution in [3.63, 3.8) is 0 Å². The Kier molecular flexibility index (Phi) is 4.52. The summed E-state index contributed by atoms with van der Waals surface area (Å²) in [5.41, 5.74) is 0.811. The molecule has 0 aliphatic heterocycles. The Morgan fingerprint density at radius 2 is 2.15 bits per heavy atom. The third kappa shape index (κ3) is 3.38. The Morgan fingerprint density at radius 1 is 1.38 bits per heavy atom. The number of aliphatic hydroxyl groups excluding tert-OH is 1. The predicted molar refractivity (Wildman–Crippen MR) is 92.5 cm³/mol. The average molecular weight is 359 g/mol. The van der Waals surface area contributed by atoms with Crippen molar-refractivity contribution in [2.45, 2.75) is 70.6 Å². The Bertz CT molecular complexity index is 787. The monoisotopic (exact) mass is 359 g/mol. The first-order valence-corrected chi connectivity index (χ1v) is 9.36. The van der Waals surface area contributed by atoms with Crippen molar-refractivity contribution in [2.75, 3.05) is 0 Å². The molecule has 8 heteroatoms. The van der Waals surface area contributed by atoms with Crippen LogP contribution in [0.4, 0.5) is 0 Å². The summed E-state index contributed by atoms with van der Waals surface area (Å²) in [5.74, 6) is 2.40. The zero-order valence-corrected chi connectivity index (χ0v) is 15.2. The molecule has 2 N–H and O–H groups in total. The molecule has 8 nitrogen and oxygen atoms in total. The number of rotatable bonds is 7. The summed E-state index contributed by atoms with van der Waals surface area (Å²) in [4.78, 5) is 12.3. The number of hydrogen-bond donors (Lipinski definition) is 2. The molecule has 0 aromatic carbocycles. The minimum atomic E-state index is -0.212. The molecular weight excluding hydrogens is 334 g/mol. The largest absolute Gasteiger partial charge is 0.388 e. The molecule has 2 aromatic rings. The maximum absolute atomic E-state index is 12.3. The number of nitrogens with one attached hydrogen (secondary N) is 1. The van der Waals surface area contributed by atoms with E-state index in [1.54, 1.807) is 6.07 Å². The van der Waals surface area contributed by atoms with E-state index in [1.165, 1.54) is 0 Å². The second-order valence-corrected chi connectivity index (χ2v) is 7.85. The maximum atomic E-state index is 12.3. The number of carbonyl (C=O) groups excluding carboxylic acids is 1. The fourth-order valence-corrected chi connectivity index (χ4v) is 3.59. The number of carbonyl (C=O) groups is 1. The van der Waals surface area contributed by atoms with E-state index in [4.69, 9.17) is 4.52 Å². The van der Waals surface area contributed by atoms with E-state index in [2.05, 4.69) is 39.1 Å². The summed E-state index contributed by atoms with van der Waals surface area (Å²) in [6.07, 6.45) is 4.70. The van der Waals surface area contributed by atoms with Gasteiger partial charge in [0.25, 0.3) is 5.91 Å². The average Bonchev–Trinajstić information content (AvgIpc) is 3.14. The van der Waals surface area contributed by atoms with E-state index >= 15 is 0 Å². The van der Waals surface area contributed by atoms with Gasteiger partial charge in [-0.25, -0.2) is 0 Å². The molecule has 1 amide bonds. The normalized spacial score (nSPS) is 22.5. The molecule has 2 aliphatic carbocycles. The van der Waals surface area contributed by atoms with Crippen LogP contribution in [-0.4, -0.2) is 37.0 Å². The summed E-state index contributed by atoms with van der Waals surface area (Å²) >= 11 is 0. The van der Waals surface area contributed by atoms with Crippen LogP contribution >= 0.6 is 0 Å². The fourth-order valence-electron chi connectivity index (χ4n) is 3.59. The molecule has 0 saturated heterocycles. The highest BCUT2D eigenvalue weighted by molar-refractivity contribution is 5.91. The molecular formula is C18H25N5O3. The quantitative estimate of drug-likeness (QED) is 0.783. The lowest BCUT2D eigenvalue weighted by Gasteiger charge is -2.35. The van der Waals surface area contributed by atoms with Gasteiger partial charge >= 0.3 is 0 Å². The lowest BCUT2D eigenvalue weighted by molar-refractivity contribution is 0.0869. The van der Waals surface area contributed by atoms with Crippen molar-refractivity contribution in [2.24, 2.45) is 5.92 Å². The van der Waals surface area contributed by atoms with E-state index in [0.717, 1.165) is 43.6 Å². The maximum Gasteiger partial charge on any atom is 0.290 e. The van der Waals surface area contributed by atoms with Gasteiger partial charge in [0.05, 0.1) is 5.69 Å². The second kappa shape index (κ2) is 6.83. The minimum absolute atomic E-state index is 0.0827. The Morgan fingerprint density at radius 3 is 2.81 bits per heavy atom. The third-order valence-electron chi connectivity index (χ3n) is 5.08. The fraction of sp³-hybridized carbons (Fsp3) is 0.667. The smallest absolute Gasteiger partial charge is 0.290 e. The standard InChI is InChI=1S/C18H25N5O3/c1-10(2)5-13-8-15(26-22-13)18(25)19-12-6-11(7-12)17-21-20-16(9-24)23(17)14-3-4-14/h8,10-12,14,24H,3-7,9H2,1-2H3,(H,19,25). The van der Waals surface area contributed by atoms with Gasteiger partial charge in [0.2, 0.25) is 5.76 Å². The molecule has 2 aliphatic rings. The van der Waals surface area contributed by atoms with Crippen LogP contribution in [0.2, 0.25) is 0 Å². The number of amides is 1. The molecule has 0 radical (unpaired) electrons. The molecule has 2 fully saturated rings. The Labute approximate surface area is 152 Å². The van der Waals surface area contributed by atoms with Crippen LogP contribution < -0.4 is 5.32 Å². The van der Waals surface area contributed by atoms with Crippen LogP contribution in [0.15, 0.2) is 10.6 Å². The van der Waals surface area contributed by atoms with Crippen molar-refractivity contribution in [1.29, 1.82) is 0 Å². The molecule has 4 rings (SSSR count). The SMILES string of the molecule is CC(C)Cc1cc(C(=O)NC2CC(c3nnc(CO)n3C3CC3)C2)on1. The molecule has 0 spiro atoms. The number of aliphatic hydroxyl groups is 1. The summed E-state index contributed by atoms with van der Waals surface area (Å²) < 4.78 is 7.26. The van der Waals surface area contributed by atoms with Crippen molar-refractivity contribution in [1.82, 2.24) is 25.2 Å². The highest BCUT2D eigenvalue weighted by Crippen LogP contribution is 2.42. The summed E-state index contributed by atoms with van der Waals surface area (Å²) in [5, 5.41) is 24.8. The lowest BCUT2D eigenvalue weighted by Crippen LogP contribution is -2.44. The molecule has 0 unspecified atom stereocenters. The highest BCUT2D eigenvalue weighted by Gasteiger charge is 2.39. The molecule has 140 valence electrons. The first-order chi connectivity index (χ1) is 12.5. The van der Waals surface area contributed by atoms with Gasteiger partial charge in [-0.05, 0) is 38.0 Å². The predicted octanol–water partition coefficient (Wildman–Crippen LogP) is 1.97. The van der Waals surface area contributed by atoms with Gasteiger partial charge in [0.1, 0.15) is 12.4 Å². The van der Waals surface area contributed by atoms with Crippen LogP contribution in [0.5, 0.6) is 0 Å². The van der Waals surface area contributed by atoms with Crippen LogP contribution in [0.3, 0.4) is 0 Å². The summed E-state index contributed by atoms with van der Waals surface area (Å²) in [7, 11) is 0. The van der Waals surface area contributed by atoms with Crippen LogP contribution in [0.1, 0.15) is 79.4 Å². The number of aromatic nitrogens is 4.